The smallest absolute Gasteiger partial charge is 0.272 e. The van der Waals surface area contributed by atoms with E-state index in [-0.39, 0.29) is 23.6 Å². The molecule has 2 rings (SSSR count). The molecule has 1 amide bonds. The van der Waals surface area contributed by atoms with Gasteiger partial charge in [0.1, 0.15) is 0 Å². The molecule has 6 heteroatoms. The summed E-state index contributed by atoms with van der Waals surface area (Å²) in [6.45, 7) is 6.37. The molecule has 0 saturated heterocycles. The predicted octanol–water partition coefficient (Wildman–Crippen LogP) is 6.38. The number of rotatable bonds is 10. The first-order valence-electron chi connectivity index (χ1n) is 10.5. The first-order valence-corrected chi connectivity index (χ1v) is 10.5. The molecule has 0 saturated carbocycles. The number of aliphatic imine (C=N–C) groups is 1. The minimum absolute atomic E-state index is 0.0173. The molecule has 0 spiro atoms. The average Bonchev–Trinajstić information content (AvgIpc) is 3.28. The van der Waals surface area contributed by atoms with Crippen molar-refractivity contribution in [3.05, 3.63) is 89.5 Å². The second-order valence-corrected chi connectivity index (χ2v) is 7.44. The van der Waals surface area contributed by atoms with E-state index in [0.717, 1.165) is 18.9 Å². The highest BCUT2D eigenvalue weighted by Gasteiger charge is 2.30. The van der Waals surface area contributed by atoms with E-state index in [4.69, 9.17) is 4.42 Å². The van der Waals surface area contributed by atoms with Gasteiger partial charge in [0, 0.05) is 36.0 Å². The van der Waals surface area contributed by atoms with Gasteiger partial charge < -0.3 is 9.73 Å². The van der Waals surface area contributed by atoms with Crippen molar-refractivity contribution in [2.75, 3.05) is 6.54 Å². The van der Waals surface area contributed by atoms with Crippen molar-refractivity contribution < 1.29 is 18.0 Å². The Bertz CT molecular complexity index is 996. The molecule has 0 fully saturated rings. The van der Waals surface area contributed by atoms with Crippen LogP contribution in [0.1, 0.15) is 45.2 Å². The Balaban J connectivity index is 2.11. The largest absolute Gasteiger partial charge is 0.472 e. The molecule has 0 aliphatic heterocycles. The molecule has 0 radical (unpaired) electrons. The Kier molecular flexibility index (Phi) is 9.32. The Labute approximate surface area is 188 Å². The summed E-state index contributed by atoms with van der Waals surface area (Å²) in [5.41, 5.74) is 2.81. The fraction of sp³-hybridized carbons (Fsp3) is 0.308. The Morgan fingerprint density at radius 1 is 1.16 bits per heavy atom. The van der Waals surface area contributed by atoms with Crippen LogP contribution in [0.4, 0.5) is 8.78 Å². The first-order chi connectivity index (χ1) is 15.2. The third kappa shape index (κ3) is 7.76. The second-order valence-electron chi connectivity index (χ2n) is 7.44. The maximum Gasteiger partial charge on any atom is 0.272 e. The van der Waals surface area contributed by atoms with E-state index in [1.807, 2.05) is 30.3 Å². The molecule has 32 heavy (non-hydrogen) atoms. The molecule has 0 bridgehead atoms. The van der Waals surface area contributed by atoms with Gasteiger partial charge in [0.25, 0.3) is 5.92 Å². The lowest BCUT2D eigenvalue weighted by Gasteiger charge is -2.17. The monoisotopic (exact) mass is 440 g/mol. The molecule has 0 aliphatic rings. The number of furan rings is 1. The van der Waals surface area contributed by atoms with E-state index in [2.05, 4.69) is 10.3 Å². The van der Waals surface area contributed by atoms with Gasteiger partial charge in [-0.25, -0.2) is 8.78 Å². The van der Waals surface area contributed by atoms with E-state index >= 15 is 0 Å². The summed E-state index contributed by atoms with van der Waals surface area (Å²) in [5.74, 6) is -3.31. The molecular weight excluding hydrogens is 410 g/mol. The van der Waals surface area contributed by atoms with Gasteiger partial charge in [-0.3, -0.25) is 9.79 Å². The summed E-state index contributed by atoms with van der Waals surface area (Å²) in [6, 6.07) is 11.6. The SMILES string of the molecule is C\C=C(CC(=O)NCCc1ccccc1)/N=C(C)\C(=C/C(=C\C)c1ccoc1)C(C)(F)F. The highest BCUT2D eigenvalue weighted by atomic mass is 19.3. The molecule has 1 heterocycles. The van der Waals surface area contributed by atoms with E-state index in [1.54, 1.807) is 32.1 Å². The Morgan fingerprint density at radius 3 is 2.44 bits per heavy atom. The fourth-order valence-corrected chi connectivity index (χ4v) is 3.17. The maximum absolute atomic E-state index is 14.4. The van der Waals surface area contributed by atoms with Crippen LogP contribution in [-0.2, 0) is 11.2 Å². The number of carbonyl (C=O) groups excluding carboxylic acids is 1. The summed E-state index contributed by atoms with van der Waals surface area (Å²) in [7, 11) is 0. The van der Waals surface area contributed by atoms with Gasteiger partial charge in [0.2, 0.25) is 5.91 Å². The van der Waals surface area contributed by atoms with Crippen LogP contribution in [0.2, 0.25) is 0 Å². The quantitative estimate of drug-likeness (QED) is 0.344. The minimum atomic E-state index is -3.11. The van der Waals surface area contributed by atoms with Crippen molar-refractivity contribution in [2.24, 2.45) is 4.99 Å². The molecule has 1 aromatic heterocycles. The minimum Gasteiger partial charge on any atom is -0.472 e. The number of hydrogen-bond acceptors (Lipinski definition) is 3. The Morgan fingerprint density at radius 2 is 1.88 bits per heavy atom. The normalized spacial score (nSPS) is 13.9. The molecule has 0 atom stereocenters. The van der Waals surface area contributed by atoms with Gasteiger partial charge in [-0.1, -0.05) is 42.5 Å². The molecular formula is C26H30F2N2O2. The van der Waals surface area contributed by atoms with Crippen LogP contribution in [0.5, 0.6) is 0 Å². The second kappa shape index (κ2) is 11.9. The molecule has 0 aliphatic carbocycles. The number of halogens is 2. The zero-order valence-electron chi connectivity index (χ0n) is 19.0. The molecule has 2 aromatic rings. The third-order valence-electron chi connectivity index (χ3n) is 4.89. The first kappa shape index (κ1) is 25.0. The number of benzene rings is 1. The van der Waals surface area contributed by atoms with E-state index < -0.39 is 5.92 Å². The number of nitrogens with one attached hydrogen (secondary N) is 1. The van der Waals surface area contributed by atoms with Crippen molar-refractivity contribution in [2.45, 2.75) is 46.5 Å². The van der Waals surface area contributed by atoms with Crippen LogP contribution in [0.15, 0.2) is 87.8 Å². The highest BCUT2D eigenvalue weighted by Crippen LogP contribution is 2.29. The molecule has 0 unspecified atom stereocenters. The van der Waals surface area contributed by atoms with Crippen LogP contribution in [0.25, 0.3) is 5.57 Å². The Hall–Kier alpha value is -3.28. The van der Waals surface area contributed by atoms with Crippen molar-refractivity contribution in [1.29, 1.82) is 0 Å². The number of carbonyl (C=O) groups is 1. The van der Waals surface area contributed by atoms with E-state index in [0.29, 0.717) is 23.4 Å². The van der Waals surface area contributed by atoms with Crippen LogP contribution >= 0.6 is 0 Å². The topological polar surface area (TPSA) is 54.6 Å². The van der Waals surface area contributed by atoms with Gasteiger partial charge in [-0.05, 0) is 50.5 Å². The van der Waals surface area contributed by atoms with Gasteiger partial charge in [0.15, 0.2) is 0 Å². The van der Waals surface area contributed by atoms with Crippen LogP contribution in [0.3, 0.4) is 0 Å². The van der Waals surface area contributed by atoms with Gasteiger partial charge in [-0.2, -0.15) is 0 Å². The summed E-state index contributed by atoms with van der Waals surface area (Å²) in [5, 5.41) is 2.86. The van der Waals surface area contributed by atoms with Gasteiger partial charge >= 0.3 is 0 Å². The molecule has 1 aromatic carbocycles. The van der Waals surface area contributed by atoms with Crippen molar-refractivity contribution >= 4 is 17.2 Å². The molecule has 4 nitrogen and oxygen atoms in total. The highest BCUT2D eigenvalue weighted by molar-refractivity contribution is 6.02. The number of amides is 1. The lowest BCUT2D eigenvalue weighted by molar-refractivity contribution is -0.120. The number of allylic oxidation sites excluding steroid dienone is 5. The lowest BCUT2D eigenvalue weighted by atomic mass is 9.99. The lowest BCUT2D eigenvalue weighted by Crippen LogP contribution is -2.26. The van der Waals surface area contributed by atoms with Crippen LogP contribution < -0.4 is 5.32 Å². The average molecular weight is 441 g/mol. The van der Waals surface area contributed by atoms with Crippen LogP contribution in [0, 0.1) is 0 Å². The third-order valence-corrected chi connectivity index (χ3v) is 4.89. The standard InChI is InChI=1S/C26H30F2N2O2/c1-5-21(22-13-15-32-18-22)16-24(26(4,27)28)19(3)30-23(6-2)17-25(31)29-14-12-20-10-8-7-9-11-20/h5-11,13,15-16,18H,12,14,17H2,1-4H3,(H,29,31)/b21-5+,23-6-,24-16+,30-19-. The fourth-order valence-electron chi connectivity index (χ4n) is 3.17. The maximum atomic E-state index is 14.4. The zero-order valence-corrected chi connectivity index (χ0v) is 19.0. The zero-order chi connectivity index (χ0) is 23.6. The number of nitrogens with zero attached hydrogens (tertiary/aromatic N) is 1. The van der Waals surface area contributed by atoms with Crippen molar-refractivity contribution in [3.8, 4) is 0 Å². The molecule has 170 valence electrons. The predicted molar refractivity (Wildman–Crippen MR) is 126 cm³/mol. The summed E-state index contributed by atoms with van der Waals surface area (Å²) in [6.07, 6.45) is 8.54. The van der Waals surface area contributed by atoms with Gasteiger partial charge in [0.05, 0.1) is 18.9 Å². The number of hydrogen-bond donors (Lipinski definition) is 1. The van der Waals surface area contributed by atoms with Gasteiger partial charge in [-0.15, -0.1) is 0 Å². The van der Waals surface area contributed by atoms with Crippen molar-refractivity contribution in [3.63, 3.8) is 0 Å². The molecule has 1 N–H and O–H groups in total. The number of alkyl halides is 2. The van der Waals surface area contributed by atoms with Crippen molar-refractivity contribution in [1.82, 2.24) is 5.32 Å². The van der Waals surface area contributed by atoms with Crippen LogP contribution in [-0.4, -0.2) is 24.1 Å². The van der Waals surface area contributed by atoms with E-state index in [1.165, 1.54) is 25.5 Å². The van der Waals surface area contributed by atoms with E-state index in [9.17, 15) is 13.6 Å². The summed E-state index contributed by atoms with van der Waals surface area (Å²) in [4.78, 5) is 16.7. The summed E-state index contributed by atoms with van der Waals surface area (Å²) < 4.78 is 33.9. The summed E-state index contributed by atoms with van der Waals surface area (Å²) >= 11 is 0.